The van der Waals surface area contributed by atoms with Crippen molar-refractivity contribution in [2.75, 3.05) is 0 Å². The van der Waals surface area contributed by atoms with Crippen LogP contribution < -0.4 is 5.73 Å². The number of hydrogen-bond acceptors (Lipinski definition) is 1. The van der Waals surface area contributed by atoms with E-state index in [0.717, 1.165) is 24.3 Å². The lowest BCUT2D eigenvalue weighted by atomic mass is 10.1. The summed E-state index contributed by atoms with van der Waals surface area (Å²) in [5.41, 5.74) is 3.29. The zero-order chi connectivity index (χ0) is 12.3. The molecular weight excluding hydrogens is 226 g/mol. The minimum atomic E-state index is -4.68. The van der Waals surface area contributed by atoms with E-state index < -0.39 is 23.5 Å². The molecule has 0 heterocycles. The predicted octanol–water partition coefficient (Wildman–Crippen LogP) is 2.34. The van der Waals surface area contributed by atoms with Crippen LogP contribution >= 0.6 is 0 Å². The van der Waals surface area contributed by atoms with Gasteiger partial charge in [-0.25, -0.2) is 4.39 Å². The van der Waals surface area contributed by atoms with E-state index in [1.807, 2.05) is 0 Å². The van der Waals surface area contributed by atoms with Crippen LogP contribution in [0.15, 0.2) is 24.3 Å². The van der Waals surface area contributed by atoms with Gasteiger partial charge in [0.15, 0.2) is 0 Å². The van der Waals surface area contributed by atoms with E-state index in [2.05, 4.69) is 0 Å². The minimum absolute atomic E-state index is 0.312. The molecule has 1 rings (SSSR count). The second-order valence-electron chi connectivity index (χ2n) is 2.97. The lowest BCUT2D eigenvalue weighted by Gasteiger charge is -2.09. The first-order chi connectivity index (χ1) is 7.30. The SMILES string of the molecule is NC(=O)C=Cc1ccc(F)cc1C(F)(F)F. The van der Waals surface area contributed by atoms with Gasteiger partial charge in [0.25, 0.3) is 0 Å². The number of nitrogens with two attached hydrogens (primary N) is 1. The Bertz CT molecular complexity index is 437. The molecule has 0 saturated carbocycles. The van der Waals surface area contributed by atoms with Gasteiger partial charge in [0.2, 0.25) is 5.91 Å². The maximum absolute atomic E-state index is 12.7. The van der Waals surface area contributed by atoms with Crippen molar-refractivity contribution in [1.82, 2.24) is 0 Å². The monoisotopic (exact) mass is 233 g/mol. The van der Waals surface area contributed by atoms with E-state index in [9.17, 15) is 22.4 Å². The Labute approximate surface area is 88.4 Å². The van der Waals surface area contributed by atoms with Crippen molar-refractivity contribution >= 4 is 12.0 Å². The maximum Gasteiger partial charge on any atom is 0.417 e. The lowest BCUT2D eigenvalue weighted by molar-refractivity contribution is -0.138. The molecule has 0 bridgehead atoms. The van der Waals surface area contributed by atoms with Gasteiger partial charge in [0, 0.05) is 6.08 Å². The highest BCUT2D eigenvalue weighted by Crippen LogP contribution is 2.33. The van der Waals surface area contributed by atoms with Crippen molar-refractivity contribution in [3.8, 4) is 0 Å². The van der Waals surface area contributed by atoms with Crippen LogP contribution in [0.1, 0.15) is 11.1 Å². The number of amides is 1. The Morgan fingerprint density at radius 2 is 1.94 bits per heavy atom. The summed E-state index contributed by atoms with van der Waals surface area (Å²) in [4.78, 5) is 10.4. The number of halogens is 4. The van der Waals surface area contributed by atoms with Gasteiger partial charge >= 0.3 is 6.18 Å². The molecular formula is C10H7F4NO. The number of hydrogen-bond donors (Lipinski definition) is 1. The molecule has 1 amide bonds. The standard InChI is InChI=1S/C10H7F4NO/c11-7-3-1-6(2-4-9(15)16)8(5-7)10(12,13)14/h1-5H,(H2,15,16). The molecule has 0 aliphatic heterocycles. The van der Waals surface area contributed by atoms with Crippen LogP contribution in [0.4, 0.5) is 17.6 Å². The molecule has 2 nitrogen and oxygen atoms in total. The average Bonchev–Trinajstić information content (AvgIpc) is 2.14. The lowest BCUT2D eigenvalue weighted by Crippen LogP contribution is -2.09. The highest BCUT2D eigenvalue weighted by atomic mass is 19.4. The highest BCUT2D eigenvalue weighted by Gasteiger charge is 2.33. The largest absolute Gasteiger partial charge is 0.417 e. The second-order valence-corrected chi connectivity index (χ2v) is 2.97. The molecule has 6 heteroatoms. The van der Waals surface area contributed by atoms with Gasteiger partial charge < -0.3 is 5.73 Å². The quantitative estimate of drug-likeness (QED) is 0.618. The van der Waals surface area contributed by atoms with Crippen molar-refractivity contribution < 1.29 is 22.4 Å². The first-order valence-electron chi connectivity index (χ1n) is 4.15. The fraction of sp³-hybridized carbons (Fsp3) is 0.100. The number of carbonyl (C=O) groups excluding carboxylic acids is 1. The summed E-state index contributed by atoms with van der Waals surface area (Å²) in [5.74, 6) is -1.87. The summed E-state index contributed by atoms with van der Waals surface area (Å²) in [6.07, 6.45) is -3.01. The normalized spacial score (nSPS) is 12.0. The highest BCUT2D eigenvalue weighted by molar-refractivity contribution is 5.90. The topological polar surface area (TPSA) is 43.1 Å². The molecule has 0 aromatic heterocycles. The number of alkyl halides is 3. The van der Waals surface area contributed by atoms with E-state index >= 15 is 0 Å². The summed E-state index contributed by atoms with van der Waals surface area (Å²) in [7, 11) is 0. The van der Waals surface area contributed by atoms with Crippen LogP contribution in [0, 0.1) is 5.82 Å². The van der Waals surface area contributed by atoms with Gasteiger partial charge in [-0.15, -0.1) is 0 Å². The van der Waals surface area contributed by atoms with Crippen LogP contribution in [0.25, 0.3) is 6.08 Å². The molecule has 1 aromatic carbocycles. The fourth-order valence-electron chi connectivity index (χ4n) is 1.09. The van der Waals surface area contributed by atoms with Gasteiger partial charge in [0.05, 0.1) is 5.56 Å². The van der Waals surface area contributed by atoms with Crippen LogP contribution in [0.3, 0.4) is 0 Å². The summed E-state index contributed by atoms with van der Waals surface area (Å²) in [6, 6.07) is 2.16. The van der Waals surface area contributed by atoms with Gasteiger partial charge in [-0.2, -0.15) is 13.2 Å². The summed E-state index contributed by atoms with van der Waals surface area (Å²) >= 11 is 0. The van der Waals surface area contributed by atoms with E-state index in [0.29, 0.717) is 6.07 Å². The molecule has 0 fully saturated rings. The van der Waals surface area contributed by atoms with E-state index in [4.69, 9.17) is 5.73 Å². The molecule has 0 spiro atoms. The smallest absolute Gasteiger partial charge is 0.366 e. The van der Waals surface area contributed by atoms with Gasteiger partial charge in [0.1, 0.15) is 5.82 Å². The fourth-order valence-corrected chi connectivity index (χ4v) is 1.09. The second kappa shape index (κ2) is 4.34. The number of carbonyl (C=O) groups is 1. The predicted molar refractivity (Wildman–Crippen MR) is 49.6 cm³/mol. The van der Waals surface area contributed by atoms with Crippen molar-refractivity contribution in [2.45, 2.75) is 6.18 Å². The Morgan fingerprint density at radius 3 is 2.44 bits per heavy atom. The Morgan fingerprint density at radius 1 is 1.31 bits per heavy atom. The van der Waals surface area contributed by atoms with Crippen LogP contribution in [-0.2, 0) is 11.0 Å². The molecule has 0 atom stereocenters. The Balaban J connectivity index is 3.23. The zero-order valence-corrected chi connectivity index (χ0v) is 7.88. The summed E-state index contributed by atoms with van der Waals surface area (Å²) in [5, 5.41) is 0. The van der Waals surface area contributed by atoms with Crippen LogP contribution in [-0.4, -0.2) is 5.91 Å². The third-order valence-corrected chi connectivity index (χ3v) is 1.75. The number of benzene rings is 1. The van der Waals surface area contributed by atoms with Crippen LogP contribution in [0.2, 0.25) is 0 Å². The van der Waals surface area contributed by atoms with Crippen molar-refractivity contribution in [1.29, 1.82) is 0 Å². The molecule has 1 aromatic rings. The van der Waals surface area contributed by atoms with E-state index in [-0.39, 0.29) is 5.56 Å². The molecule has 0 aliphatic carbocycles. The molecule has 2 N–H and O–H groups in total. The molecule has 0 aliphatic rings. The van der Waals surface area contributed by atoms with Gasteiger partial charge in [-0.1, -0.05) is 6.07 Å². The van der Waals surface area contributed by atoms with E-state index in [1.165, 1.54) is 0 Å². The Kier molecular flexibility index (Phi) is 3.31. The third kappa shape index (κ3) is 3.08. The van der Waals surface area contributed by atoms with E-state index in [1.54, 1.807) is 0 Å². The first-order valence-corrected chi connectivity index (χ1v) is 4.15. The molecule has 0 unspecified atom stereocenters. The molecule has 0 radical (unpaired) electrons. The average molecular weight is 233 g/mol. The van der Waals surface area contributed by atoms with Crippen molar-refractivity contribution in [3.05, 3.63) is 41.2 Å². The third-order valence-electron chi connectivity index (χ3n) is 1.75. The molecule has 0 saturated heterocycles. The first kappa shape index (κ1) is 12.2. The summed E-state index contributed by atoms with van der Waals surface area (Å²) < 4.78 is 50.0. The number of rotatable bonds is 2. The number of primary amides is 1. The van der Waals surface area contributed by atoms with Gasteiger partial charge in [-0.05, 0) is 23.8 Å². The van der Waals surface area contributed by atoms with Crippen LogP contribution in [0.5, 0.6) is 0 Å². The maximum atomic E-state index is 12.7. The van der Waals surface area contributed by atoms with Gasteiger partial charge in [-0.3, -0.25) is 4.79 Å². The zero-order valence-electron chi connectivity index (χ0n) is 7.88. The van der Waals surface area contributed by atoms with Crippen molar-refractivity contribution in [3.63, 3.8) is 0 Å². The summed E-state index contributed by atoms with van der Waals surface area (Å²) in [6.45, 7) is 0. The Hall–Kier alpha value is -1.85. The molecule has 16 heavy (non-hydrogen) atoms. The minimum Gasteiger partial charge on any atom is -0.366 e. The van der Waals surface area contributed by atoms with Crippen molar-refractivity contribution in [2.24, 2.45) is 5.73 Å². The molecule has 86 valence electrons.